The van der Waals surface area contributed by atoms with Crippen LogP contribution in [0.2, 0.25) is 0 Å². The smallest absolute Gasteiger partial charge is 0.254 e. The van der Waals surface area contributed by atoms with Crippen molar-refractivity contribution in [2.45, 2.75) is 6.54 Å². The molecule has 0 aliphatic carbocycles. The molecule has 3 aromatic rings. The van der Waals surface area contributed by atoms with E-state index in [4.69, 9.17) is 9.72 Å². The number of hydrogen-bond acceptors (Lipinski definition) is 5. The van der Waals surface area contributed by atoms with E-state index in [9.17, 15) is 4.79 Å². The fourth-order valence-electron chi connectivity index (χ4n) is 3.19. The lowest BCUT2D eigenvalue weighted by Gasteiger charge is -2.28. The van der Waals surface area contributed by atoms with Crippen LogP contribution >= 0.6 is 11.3 Å². The fraction of sp³-hybridized carbons (Fsp3) is 0.300. The van der Waals surface area contributed by atoms with Crippen LogP contribution in [0.15, 0.2) is 47.8 Å². The average molecular weight is 367 g/mol. The molecular weight excluding hydrogens is 346 g/mol. The highest BCUT2D eigenvalue weighted by Gasteiger charge is 2.22. The standard InChI is InChI=1S/C20H21N3O2S/c1-22(14-15-5-4-12-26-15)19-13-17(16-6-2-3-7-18(16)21-19)20(24)23-8-10-25-11-9-23/h2-7,12-13H,8-11,14H2,1H3. The average Bonchev–Trinajstić information content (AvgIpc) is 3.20. The van der Waals surface area contributed by atoms with Crippen molar-refractivity contribution < 1.29 is 9.53 Å². The highest BCUT2D eigenvalue weighted by atomic mass is 32.1. The summed E-state index contributed by atoms with van der Waals surface area (Å²) in [7, 11) is 2.01. The first-order chi connectivity index (χ1) is 12.7. The first kappa shape index (κ1) is 17.0. The van der Waals surface area contributed by atoms with E-state index >= 15 is 0 Å². The molecule has 26 heavy (non-hydrogen) atoms. The molecule has 1 aromatic carbocycles. The zero-order chi connectivity index (χ0) is 17.9. The monoisotopic (exact) mass is 367 g/mol. The van der Waals surface area contributed by atoms with E-state index in [1.165, 1.54) is 4.88 Å². The van der Waals surface area contributed by atoms with E-state index < -0.39 is 0 Å². The second-order valence-corrected chi connectivity index (χ2v) is 7.42. The van der Waals surface area contributed by atoms with Crippen molar-refractivity contribution in [3.05, 3.63) is 58.3 Å². The van der Waals surface area contributed by atoms with Gasteiger partial charge in [0.1, 0.15) is 5.82 Å². The van der Waals surface area contributed by atoms with Crippen LogP contribution in [0.3, 0.4) is 0 Å². The van der Waals surface area contributed by atoms with Crippen molar-refractivity contribution in [2.75, 3.05) is 38.3 Å². The predicted molar refractivity (Wildman–Crippen MR) is 105 cm³/mol. The van der Waals surface area contributed by atoms with E-state index in [1.54, 1.807) is 11.3 Å². The van der Waals surface area contributed by atoms with Crippen LogP contribution in [-0.2, 0) is 11.3 Å². The highest BCUT2D eigenvalue weighted by molar-refractivity contribution is 7.09. The van der Waals surface area contributed by atoms with Crippen molar-refractivity contribution in [3.8, 4) is 0 Å². The van der Waals surface area contributed by atoms with Crippen LogP contribution in [0.4, 0.5) is 5.82 Å². The number of anilines is 1. The molecule has 4 rings (SSSR count). The lowest BCUT2D eigenvalue weighted by atomic mass is 10.1. The number of morpholine rings is 1. The van der Waals surface area contributed by atoms with E-state index in [-0.39, 0.29) is 5.91 Å². The number of benzene rings is 1. The van der Waals surface area contributed by atoms with Gasteiger partial charge in [-0.1, -0.05) is 24.3 Å². The number of hydrogen-bond donors (Lipinski definition) is 0. The Morgan fingerprint density at radius 3 is 2.81 bits per heavy atom. The number of thiophene rings is 1. The Labute approximate surface area is 156 Å². The van der Waals surface area contributed by atoms with Crippen LogP contribution in [0.25, 0.3) is 10.9 Å². The van der Waals surface area contributed by atoms with Crippen molar-refractivity contribution in [3.63, 3.8) is 0 Å². The topological polar surface area (TPSA) is 45.7 Å². The SMILES string of the molecule is CN(Cc1cccs1)c1cc(C(=O)N2CCOCC2)c2ccccc2n1. The minimum absolute atomic E-state index is 0.0534. The van der Waals surface area contributed by atoms with Crippen molar-refractivity contribution in [1.82, 2.24) is 9.88 Å². The minimum Gasteiger partial charge on any atom is -0.378 e. The van der Waals surface area contributed by atoms with Gasteiger partial charge in [0.05, 0.1) is 30.8 Å². The van der Waals surface area contributed by atoms with Gasteiger partial charge in [-0.25, -0.2) is 4.98 Å². The number of ether oxygens (including phenoxy) is 1. The Bertz CT molecular complexity index is 905. The molecule has 0 spiro atoms. The van der Waals surface area contributed by atoms with Gasteiger partial charge in [-0.15, -0.1) is 11.3 Å². The summed E-state index contributed by atoms with van der Waals surface area (Å²) in [4.78, 5) is 23.1. The Balaban J connectivity index is 1.71. The second-order valence-electron chi connectivity index (χ2n) is 6.39. The van der Waals surface area contributed by atoms with Gasteiger partial charge < -0.3 is 14.5 Å². The van der Waals surface area contributed by atoms with Crippen LogP contribution in [0.5, 0.6) is 0 Å². The predicted octanol–water partition coefficient (Wildman–Crippen LogP) is 3.41. The maximum atomic E-state index is 13.1. The highest BCUT2D eigenvalue weighted by Crippen LogP contribution is 2.25. The summed E-state index contributed by atoms with van der Waals surface area (Å²) in [6.45, 7) is 3.24. The molecule has 0 radical (unpaired) electrons. The molecule has 0 unspecified atom stereocenters. The normalized spacial score (nSPS) is 14.6. The summed E-state index contributed by atoms with van der Waals surface area (Å²) >= 11 is 1.72. The van der Waals surface area contributed by atoms with Gasteiger partial charge in [-0.2, -0.15) is 0 Å². The molecule has 0 saturated carbocycles. The number of aromatic nitrogens is 1. The molecule has 1 saturated heterocycles. The van der Waals surface area contributed by atoms with Gasteiger partial charge >= 0.3 is 0 Å². The fourth-order valence-corrected chi connectivity index (χ4v) is 3.95. The van der Waals surface area contributed by atoms with E-state index in [2.05, 4.69) is 22.4 Å². The zero-order valence-electron chi connectivity index (χ0n) is 14.7. The summed E-state index contributed by atoms with van der Waals surface area (Å²) in [6, 6.07) is 13.9. The second kappa shape index (κ2) is 7.43. The van der Waals surface area contributed by atoms with Crippen LogP contribution in [0, 0.1) is 0 Å². The van der Waals surface area contributed by atoms with Gasteiger partial charge in [0.15, 0.2) is 0 Å². The van der Waals surface area contributed by atoms with Crippen molar-refractivity contribution in [1.29, 1.82) is 0 Å². The van der Waals surface area contributed by atoms with E-state index in [0.717, 1.165) is 23.3 Å². The number of fused-ring (bicyclic) bond motifs is 1. The molecule has 2 aromatic heterocycles. The molecule has 0 bridgehead atoms. The Morgan fingerprint density at radius 1 is 1.23 bits per heavy atom. The maximum absolute atomic E-state index is 13.1. The van der Waals surface area contributed by atoms with Crippen molar-refractivity contribution >= 4 is 34.0 Å². The summed E-state index contributed by atoms with van der Waals surface area (Å²) < 4.78 is 5.38. The maximum Gasteiger partial charge on any atom is 0.254 e. The Kier molecular flexibility index (Phi) is 4.86. The lowest BCUT2D eigenvalue weighted by Crippen LogP contribution is -2.40. The summed E-state index contributed by atoms with van der Waals surface area (Å²) in [6.07, 6.45) is 0. The van der Waals surface area contributed by atoms with Gasteiger partial charge in [0.2, 0.25) is 0 Å². The number of nitrogens with zero attached hydrogens (tertiary/aromatic N) is 3. The molecule has 6 heteroatoms. The van der Waals surface area contributed by atoms with Gasteiger partial charge in [0, 0.05) is 30.4 Å². The quantitative estimate of drug-likeness (QED) is 0.709. The molecule has 0 atom stereocenters. The molecule has 1 aliphatic heterocycles. The largest absolute Gasteiger partial charge is 0.378 e. The van der Waals surface area contributed by atoms with E-state index in [1.807, 2.05) is 42.3 Å². The molecular formula is C20H21N3O2S. The number of carbonyl (C=O) groups is 1. The third-order valence-electron chi connectivity index (χ3n) is 4.60. The molecule has 134 valence electrons. The molecule has 1 amide bonds. The van der Waals surface area contributed by atoms with E-state index in [0.29, 0.717) is 31.9 Å². The summed E-state index contributed by atoms with van der Waals surface area (Å²) in [5, 5.41) is 2.97. The molecule has 0 N–H and O–H groups in total. The molecule has 5 nitrogen and oxygen atoms in total. The van der Waals surface area contributed by atoms with Gasteiger partial charge in [0.25, 0.3) is 5.91 Å². The van der Waals surface area contributed by atoms with Gasteiger partial charge in [-0.3, -0.25) is 4.79 Å². The Morgan fingerprint density at radius 2 is 2.04 bits per heavy atom. The van der Waals surface area contributed by atoms with Crippen molar-refractivity contribution in [2.24, 2.45) is 0 Å². The number of amides is 1. The van der Waals surface area contributed by atoms with Crippen LogP contribution in [-0.4, -0.2) is 49.1 Å². The molecule has 1 fully saturated rings. The number of rotatable bonds is 4. The Hall–Kier alpha value is -2.44. The first-order valence-corrected chi connectivity index (χ1v) is 9.60. The zero-order valence-corrected chi connectivity index (χ0v) is 15.5. The van der Waals surface area contributed by atoms with Gasteiger partial charge in [-0.05, 0) is 23.6 Å². The summed E-state index contributed by atoms with van der Waals surface area (Å²) in [5.41, 5.74) is 1.56. The molecule has 1 aliphatic rings. The number of para-hydroxylation sites is 1. The number of pyridine rings is 1. The number of carbonyl (C=O) groups excluding carboxylic acids is 1. The molecule has 3 heterocycles. The summed E-state index contributed by atoms with van der Waals surface area (Å²) in [5.74, 6) is 0.867. The van der Waals surface area contributed by atoms with Crippen LogP contribution < -0.4 is 4.90 Å². The minimum atomic E-state index is 0.0534. The first-order valence-electron chi connectivity index (χ1n) is 8.73. The lowest BCUT2D eigenvalue weighted by molar-refractivity contribution is 0.0304. The third kappa shape index (κ3) is 3.43. The third-order valence-corrected chi connectivity index (χ3v) is 5.46. The van der Waals surface area contributed by atoms with Crippen LogP contribution in [0.1, 0.15) is 15.2 Å².